The molecule has 1 unspecified atom stereocenters. The highest BCUT2D eigenvalue weighted by Crippen LogP contribution is 2.31. The summed E-state index contributed by atoms with van der Waals surface area (Å²) in [6.07, 6.45) is 8.66. The SMILES string of the molecule is CN1CCC(C(=O)N[C@H]2CC[C@H](Nc3cc(-c4c[nH]c5ncccc45)cc(Cl)n3)CC2)C1. The molecule has 168 valence electrons. The zero-order valence-electron chi connectivity index (χ0n) is 18.3. The molecule has 1 saturated carbocycles. The van der Waals surface area contributed by atoms with E-state index >= 15 is 0 Å². The maximum absolute atomic E-state index is 12.5. The molecular formula is C24H29ClN6O. The van der Waals surface area contributed by atoms with E-state index in [2.05, 4.69) is 43.6 Å². The Morgan fingerprint density at radius 1 is 1.19 bits per heavy atom. The van der Waals surface area contributed by atoms with Gasteiger partial charge in [0.2, 0.25) is 5.91 Å². The Kier molecular flexibility index (Phi) is 6.02. The Bertz CT molecular complexity index is 1110. The molecule has 3 aromatic heterocycles. The summed E-state index contributed by atoms with van der Waals surface area (Å²) in [5.74, 6) is 1.15. The fourth-order valence-corrected chi connectivity index (χ4v) is 5.19. The molecule has 8 heteroatoms. The second kappa shape index (κ2) is 9.08. The second-order valence-electron chi connectivity index (χ2n) is 9.12. The largest absolute Gasteiger partial charge is 0.367 e. The first kappa shape index (κ1) is 21.2. The average Bonchev–Trinajstić information content (AvgIpc) is 3.41. The van der Waals surface area contributed by atoms with Crippen molar-refractivity contribution in [2.75, 3.05) is 25.5 Å². The topological polar surface area (TPSA) is 85.9 Å². The van der Waals surface area contributed by atoms with Crippen LogP contribution in [0.5, 0.6) is 0 Å². The fraction of sp³-hybridized carbons (Fsp3) is 0.458. The molecular weight excluding hydrogens is 424 g/mol. The average molecular weight is 453 g/mol. The van der Waals surface area contributed by atoms with Crippen LogP contribution in [0.1, 0.15) is 32.1 Å². The minimum absolute atomic E-state index is 0.143. The number of H-pyrrole nitrogens is 1. The van der Waals surface area contributed by atoms with Crippen LogP contribution in [0.3, 0.4) is 0 Å². The van der Waals surface area contributed by atoms with E-state index < -0.39 is 0 Å². The minimum Gasteiger partial charge on any atom is -0.367 e. The molecule has 0 aromatic carbocycles. The lowest BCUT2D eigenvalue weighted by Gasteiger charge is -2.30. The molecule has 5 rings (SSSR count). The molecule has 2 aliphatic rings. The van der Waals surface area contributed by atoms with E-state index in [-0.39, 0.29) is 17.9 Å². The molecule has 2 fully saturated rings. The van der Waals surface area contributed by atoms with Gasteiger partial charge in [-0.15, -0.1) is 0 Å². The van der Waals surface area contributed by atoms with Gasteiger partial charge in [-0.05, 0) is 75.5 Å². The Hall–Kier alpha value is -2.64. The van der Waals surface area contributed by atoms with Crippen LogP contribution < -0.4 is 10.6 Å². The van der Waals surface area contributed by atoms with Crippen LogP contribution in [0.4, 0.5) is 5.82 Å². The van der Waals surface area contributed by atoms with Gasteiger partial charge in [0.1, 0.15) is 16.6 Å². The maximum Gasteiger partial charge on any atom is 0.224 e. The monoisotopic (exact) mass is 452 g/mol. The van der Waals surface area contributed by atoms with E-state index in [1.54, 1.807) is 6.20 Å². The summed E-state index contributed by atoms with van der Waals surface area (Å²) in [6, 6.07) is 8.51. The van der Waals surface area contributed by atoms with Crippen LogP contribution in [0, 0.1) is 5.92 Å². The van der Waals surface area contributed by atoms with Gasteiger partial charge in [0, 0.05) is 42.0 Å². The maximum atomic E-state index is 12.5. The van der Waals surface area contributed by atoms with Crippen molar-refractivity contribution in [1.29, 1.82) is 0 Å². The first-order valence-corrected chi connectivity index (χ1v) is 11.8. The zero-order chi connectivity index (χ0) is 22.1. The van der Waals surface area contributed by atoms with Gasteiger partial charge in [0.25, 0.3) is 0 Å². The number of likely N-dealkylation sites (tertiary alicyclic amines) is 1. The standard InChI is InChI=1S/C24H29ClN6O/c1-31-10-8-15(14-31)24(32)29-18-6-4-17(5-7-18)28-22-12-16(11-21(25)30-22)20-13-27-23-19(20)3-2-9-26-23/h2-3,9,11-13,15,17-18H,4-8,10,14H2,1H3,(H,26,27)(H,28,30)(H,29,32)/t15?,17-,18-. The van der Waals surface area contributed by atoms with E-state index in [1.165, 1.54) is 0 Å². The number of pyridine rings is 2. The normalized spacial score (nSPS) is 24.0. The first-order valence-electron chi connectivity index (χ1n) is 11.4. The summed E-state index contributed by atoms with van der Waals surface area (Å²) in [5.41, 5.74) is 2.92. The third kappa shape index (κ3) is 4.59. The fourth-order valence-electron chi connectivity index (χ4n) is 4.98. The van der Waals surface area contributed by atoms with Gasteiger partial charge >= 0.3 is 0 Å². The van der Waals surface area contributed by atoms with E-state index in [1.807, 2.05) is 24.4 Å². The van der Waals surface area contributed by atoms with Crippen LogP contribution in [0.2, 0.25) is 5.15 Å². The highest BCUT2D eigenvalue weighted by molar-refractivity contribution is 6.29. The molecule has 0 bridgehead atoms. The number of aromatic amines is 1. The van der Waals surface area contributed by atoms with E-state index in [0.717, 1.165) is 73.2 Å². The Morgan fingerprint density at radius 2 is 2.00 bits per heavy atom. The van der Waals surface area contributed by atoms with Crippen molar-refractivity contribution in [1.82, 2.24) is 25.2 Å². The lowest BCUT2D eigenvalue weighted by molar-refractivity contribution is -0.125. The highest BCUT2D eigenvalue weighted by atomic mass is 35.5. The van der Waals surface area contributed by atoms with E-state index in [0.29, 0.717) is 11.2 Å². The summed E-state index contributed by atoms with van der Waals surface area (Å²) in [7, 11) is 2.08. The smallest absolute Gasteiger partial charge is 0.224 e. The molecule has 3 N–H and O–H groups in total. The summed E-state index contributed by atoms with van der Waals surface area (Å²) < 4.78 is 0. The Balaban J connectivity index is 1.21. The lowest BCUT2D eigenvalue weighted by Crippen LogP contribution is -2.43. The zero-order valence-corrected chi connectivity index (χ0v) is 19.0. The number of hydrogen-bond acceptors (Lipinski definition) is 5. The third-order valence-corrected chi connectivity index (χ3v) is 6.94. The van der Waals surface area contributed by atoms with Crippen molar-refractivity contribution >= 4 is 34.4 Å². The predicted octanol–water partition coefficient (Wildman–Crippen LogP) is 4.07. The number of amides is 1. The van der Waals surface area contributed by atoms with Crippen LogP contribution in [0.15, 0.2) is 36.7 Å². The van der Waals surface area contributed by atoms with Gasteiger partial charge in [0.15, 0.2) is 0 Å². The molecule has 1 aliphatic carbocycles. The van der Waals surface area contributed by atoms with Gasteiger partial charge < -0.3 is 20.5 Å². The predicted molar refractivity (Wildman–Crippen MR) is 128 cm³/mol. The Labute approximate surface area is 193 Å². The van der Waals surface area contributed by atoms with Gasteiger partial charge in [-0.1, -0.05) is 11.6 Å². The molecule has 1 amide bonds. The Morgan fingerprint density at radius 3 is 2.78 bits per heavy atom. The molecule has 1 aliphatic heterocycles. The quantitative estimate of drug-likeness (QED) is 0.508. The second-order valence-corrected chi connectivity index (χ2v) is 9.50. The minimum atomic E-state index is 0.143. The molecule has 3 aromatic rings. The molecule has 0 spiro atoms. The van der Waals surface area contributed by atoms with Crippen LogP contribution >= 0.6 is 11.6 Å². The van der Waals surface area contributed by atoms with Gasteiger partial charge in [-0.25, -0.2) is 9.97 Å². The summed E-state index contributed by atoms with van der Waals surface area (Å²) in [6.45, 7) is 1.89. The van der Waals surface area contributed by atoms with Crippen LogP contribution in [-0.2, 0) is 4.79 Å². The van der Waals surface area contributed by atoms with Gasteiger partial charge in [0.05, 0.1) is 5.92 Å². The van der Waals surface area contributed by atoms with E-state index in [4.69, 9.17) is 11.6 Å². The van der Waals surface area contributed by atoms with E-state index in [9.17, 15) is 4.79 Å². The lowest BCUT2D eigenvalue weighted by atomic mass is 9.90. The molecule has 1 atom stereocenters. The number of fused-ring (bicyclic) bond motifs is 1. The number of carbonyl (C=O) groups excluding carboxylic acids is 1. The summed E-state index contributed by atoms with van der Waals surface area (Å²) >= 11 is 6.36. The third-order valence-electron chi connectivity index (χ3n) is 6.74. The molecule has 1 saturated heterocycles. The van der Waals surface area contributed by atoms with Crippen molar-refractivity contribution in [2.24, 2.45) is 5.92 Å². The molecule has 32 heavy (non-hydrogen) atoms. The number of halogens is 1. The highest BCUT2D eigenvalue weighted by Gasteiger charge is 2.29. The number of hydrogen-bond donors (Lipinski definition) is 3. The first-order chi connectivity index (χ1) is 15.5. The number of nitrogens with one attached hydrogen (secondary N) is 3. The number of rotatable bonds is 5. The molecule has 0 radical (unpaired) electrons. The van der Waals surface area contributed by atoms with Gasteiger partial charge in [-0.2, -0.15) is 0 Å². The molecule has 7 nitrogen and oxygen atoms in total. The molecule has 4 heterocycles. The summed E-state index contributed by atoms with van der Waals surface area (Å²) in [5, 5.41) is 8.37. The van der Waals surface area contributed by atoms with Crippen molar-refractivity contribution in [2.45, 2.75) is 44.2 Å². The number of aromatic nitrogens is 3. The number of carbonyl (C=O) groups is 1. The number of nitrogens with zero attached hydrogens (tertiary/aromatic N) is 3. The van der Waals surface area contributed by atoms with Crippen LogP contribution in [-0.4, -0.2) is 58.0 Å². The van der Waals surface area contributed by atoms with Gasteiger partial charge in [-0.3, -0.25) is 4.79 Å². The van der Waals surface area contributed by atoms with Crippen molar-refractivity contribution in [3.05, 3.63) is 41.8 Å². The van der Waals surface area contributed by atoms with Crippen molar-refractivity contribution in [3.63, 3.8) is 0 Å². The summed E-state index contributed by atoms with van der Waals surface area (Å²) in [4.78, 5) is 26.8. The van der Waals surface area contributed by atoms with Crippen LogP contribution in [0.25, 0.3) is 22.2 Å². The number of anilines is 1. The van der Waals surface area contributed by atoms with Crippen molar-refractivity contribution < 1.29 is 4.79 Å². The van der Waals surface area contributed by atoms with Crippen molar-refractivity contribution in [3.8, 4) is 11.1 Å².